The Morgan fingerprint density at radius 1 is 1.35 bits per heavy atom. The molecule has 1 unspecified atom stereocenters. The van der Waals surface area contributed by atoms with Gasteiger partial charge in [-0.1, -0.05) is 11.6 Å². The molecule has 1 aromatic heterocycles. The lowest BCUT2D eigenvalue weighted by atomic mass is 10.1. The summed E-state index contributed by atoms with van der Waals surface area (Å²) in [5.41, 5.74) is 0. The zero-order chi connectivity index (χ0) is 14.2. The number of piperidine rings is 1. The largest absolute Gasteiger partial charge is 0.354 e. The lowest BCUT2D eigenvalue weighted by Gasteiger charge is -2.34. The normalized spacial score (nSPS) is 23.9. The molecule has 2 heterocycles. The van der Waals surface area contributed by atoms with Gasteiger partial charge in [-0.15, -0.1) is 0 Å². The average Bonchev–Trinajstić information content (AvgIpc) is 3.23. The molecule has 1 aliphatic heterocycles. The molecule has 1 saturated carbocycles. The van der Waals surface area contributed by atoms with Crippen LogP contribution >= 0.6 is 11.6 Å². The van der Waals surface area contributed by atoms with Crippen molar-refractivity contribution < 1.29 is 8.42 Å². The van der Waals surface area contributed by atoms with E-state index in [1.165, 1.54) is 0 Å². The molecule has 20 heavy (non-hydrogen) atoms. The van der Waals surface area contributed by atoms with Crippen LogP contribution in [0.1, 0.15) is 25.7 Å². The highest BCUT2D eigenvalue weighted by molar-refractivity contribution is 7.90. The van der Waals surface area contributed by atoms with Crippen LogP contribution in [0, 0.1) is 0 Å². The Hall–Kier alpha value is -0.850. The number of nitrogens with zero attached hydrogens (tertiary/aromatic N) is 2. The molecular weight excluding hydrogens is 298 g/mol. The molecule has 0 aromatic carbocycles. The summed E-state index contributed by atoms with van der Waals surface area (Å²) in [4.78, 5) is 6.36. The van der Waals surface area contributed by atoms with Crippen LogP contribution in [0.2, 0.25) is 5.02 Å². The summed E-state index contributed by atoms with van der Waals surface area (Å²) in [6.07, 6.45) is 5.09. The molecule has 2 aliphatic rings. The maximum atomic E-state index is 12.0. The Bertz CT molecular complexity index is 589. The van der Waals surface area contributed by atoms with Crippen molar-refractivity contribution in [1.82, 2.24) is 9.71 Å². The monoisotopic (exact) mass is 315 g/mol. The number of hydrogen-bond acceptors (Lipinski definition) is 4. The SMILES string of the molecule is O=S(=O)(NC1CCCN(c2ncccc2Cl)C1)C1CC1. The van der Waals surface area contributed by atoms with Crippen molar-refractivity contribution in [2.75, 3.05) is 18.0 Å². The van der Waals surface area contributed by atoms with E-state index < -0.39 is 10.0 Å². The van der Waals surface area contributed by atoms with Gasteiger partial charge in [-0.3, -0.25) is 0 Å². The van der Waals surface area contributed by atoms with Crippen LogP contribution in [0.3, 0.4) is 0 Å². The van der Waals surface area contributed by atoms with E-state index in [4.69, 9.17) is 11.6 Å². The molecular formula is C13H18ClN3O2S. The maximum Gasteiger partial charge on any atom is 0.214 e. The number of halogens is 1. The van der Waals surface area contributed by atoms with Crippen LogP contribution in [0.5, 0.6) is 0 Å². The van der Waals surface area contributed by atoms with Crippen LogP contribution in [-0.4, -0.2) is 37.8 Å². The highest BCUT2D eigenvalue weighted by Gasteiger charge is 2.37. The van der Waals surface area contributed by atoms with E-state index in [0.717, 1.165) is 38.0 Å². The molecule has 110 valence electrons. The quantitative estimate of drug-likeness (QED) is 0.920. The van der Waals surface area contributed by atoms with E-state index in [-0.39, 0.29) is 11.3 Å². The second kappa shape index (κ2) is 5.50. The lowest BCUT2D eigenvalue weighted by Crippen LogP contribution is -2.48. The minimum Gasteiger partial charge on any atom is -0.354 e. The number of rotatable bonds is 4. The van der Waals surface area contributed by atoms with Crippen LogP contribution in [-0.2, 0) is 10.0 Å². The highest BCUT2D eigenvalue weighted by atomic mass is 35.5. The van der Waals surface area contributed by atoms with E-state index in [1.807, 2.05) is 6.07 Å². The molecule has 0 spiro atoms. The van der Waals surface area contributed by atoms with Gasteiger partial charge in [0.2, 0.25) is 10.0 Å². The van der Waals surface area contributed by atoms with Gasteiger partial charge in [0.1, 0.15) is 5.82 Å². The predicted molar refractivity (Wildman–Crippen MR) is 79.6 cm³/mol. The van der Waals surface area contributed by atoms with E-state index in [0.29, 0.717) is 11.6 Å². The molecule has 1 saturated heterocycles. The summed E-state index contributed by atoms with van der Waals surface area (Å²) in [6, 6.07) is 3.55. The molecule has 3 rings (SSSR count). The second-order valence-corrected chi connectivity index (χ2v) is 7.86. The van der Waals surface area contributed by atoms with Crippen LogP contribution < -0.4 is 9.62 Å². The number of aromatic nitrogens is 1. The van der Waals surface area contributed by atoms with Crippen LogP contribution in [0.25, 0.3) is 0 Å². The summed E-state index contributed by atoms with van der Waals surface area (Å²) in [5.74, 6) is 0.740. The summed E-state index contributed by atoms with van der Waals surface area (Å²) < 4.78 is 26.8. The summed E-state index contributed by atoms with van der Waals surface area (Å²) in [7, 11) is -3.13. The van der Waals surface area contributed by atoms with Gasteiger partial charge in [-0.05, 0) is 37.8 Å². The number of nitrogens with one attached hydrogen (secondary N) is 1. The molecule has 1 N–H and O–H groups in total. The Balaban J connectivity index is 1.69. The first-order valence-electron chi connectivity index (χ1n) is 6.93. The third-order valence-corrected chi connectivity index (χ3v) is 6.06. The van der Waals surface area contributed by atoms with Gasteiger partial charge in [-0.25, -0.2) is 18.1 Å². The fourth-order valence-corrected chi connectivity index (χ4v) is 4.43. The third-order valence-electron chi connectivity index (χ3n) is 3.75. The fraction of sp³-hybridized carbons (Fsp3) is 0.615. The average molecular weight is 316 g/mol. The van der Waals surface area contributed by atoms with Gasteiger partial charge in [0.05, 0.1) is 10.3 Å². The lowest BCUT2D eigenvalue weighted by molar-refractivity contribution is 0.463. The Kier molecular flexibility index (Phi) is 3.88. The van der Waals surface area contributed by atoms with Crippen molar-refractivity contribution in [3.05, 3.63) is 23.4 Å². The molecule has 1 aromatic rings. The Morgan fingerprint density at radius 3 is 2.85 bits per heavy atom. The zero-order valence-corrected chi connectivity index (χ0v) is 12.7. The van der Waals surface area contributed by atoms with Gasteiger partial charge >= 0.3 is 0 Å². The number of pyridine rings is 1. The van der Waals surface area contributed by atoms with Gasteiger partial charge in [0, 0.05) is 25.3 Å². The Labute approximate surface area is 124 Å². The van der Waals surface area contributed by atoms with Crippen molar-refractivity contribution in [2.45, 2.75) is 37.0 Å². The Morgan fingerprint density at radius 2 is 2.15 bits per heavy atom. The van der Waals surface area contributed by atoms with Crippen molar-refractivity contribution in [3.8, 4) is 0 Å². The molecule has 2 fully saturated rings. The molecule has 1 atom stereocenters. The van der Waals surface area contributed by atoms with Gasteiger partial charge < -0.3 is 4.90 Å². The summed E-state index contributed by atoms with van der Waals surface area (Å²) >= 11 is 6.16. The number of sulfonamides is 1. The van der Waals surface area contributed by atoms with Crippen molar-refractivity contribution in [1.29, 1.82) is 0 Å². The van der Waals surface area contributed by atoms with Crippen molar-refractivity contribution in [3.63, 3.8) is 0 Å². The highest BCUT2D eigenvalue weighted by Crippen LogP contribution is 2.29. The van der Waals surface area contributed by atoms with Crippen LogP contribution in [0.15, 0.2) is 18.3 Å². The first-order valence-corrected chi connectivity index (χ1v) is 8.85. The number of hydrogen-bond donors (Lipinski definition) is 1. The van der Waals surface area contributed by atoms with E-state index in [1.54, 1.807) is 12.3 Å². The predicted octanol–water partition coefficient (Wildman–Crippen LogP) is 1.79. The molecule has 0 amide bonds. The molecule has 0 radical (unpaired) electrons. The number of anilines is 1. The topological polar surface area (TPSA) is 62.3 Å². The standard InChI is InChI=1S/C13H18ClN3O2S/c14-12-4-1-7-15-13(12)17-8-2-3-10(9-17)16-20(18,19)11-5-6-11/h1,4,7,10-11,16H,2-3,5-6,8-9H2. The third kappa shape index (κ3) is 3.07. The van der Waals surface area contributed by atoms with Gasteiger partial charge in [0.25, 0.3) is 0 Å². The molecule has 0 bridgehead atoms. The summed E-state index contributed by atoms with van der Waals surface area (Å²) in [6.45, 7) is 1.49. The van der Waals surface area contributed by atoms with Crippen molar-refractivity contribution in [2.24, 2.45) is 0 Å². The van der Waals surface area contributed by atoms with E-state index in [2.05, 4.69) is 14.6 Å². The van der Waals surface area contributed by atoms with E-state index in [9.17, 15) is 8.42 Å². The first-order chi connectivity index (χ1) is 9.56. The van der Waals surface area contributed by atoms with Crippen molar-refractivity contribution >= 4 is 27.4 Å². The smallest absolute Gasteiger partial charge is 0.214 e. The maximum absolute atomic E-state index is 12.0. The minimum atomic E-state index is -3.13. The minimum absolute atomic E-state index is 0.0487. The second-order valence-electron chi connectivity index (χ2n) is 5.46. The van der Waals surface area contributed by atoms with Gasteiger partial charge in [0.15, 0.2) is 0 Å². The molecule has 5 nitrogen and oxygen atoms in total. The molecule has 7 heteroatoms. The fourth-order valence-electron chi connectivity index (χ4n) is 2.58. The zero-order valence-electron chi connectivity index (χ0n) is 11.1. The molecule has 1 aliphatic carbocycles. The summed E-state index contributed by atoms with van der Waals surface area (Å²) in [5, 5.41) is 0.439. The van der Waals surface area contributed by atoms with E-state index >= 15 is 0 Å². The van der Waals surface area contributed by atoms with Gasteiger partial charge in [-0.2, -0.15) is 0 Å². The first kappa shape index (κ1) is 14.1. The van der Waals surface area contributed by atoms with Crippen LogP contribution in [0.4, 0.5) is 5.82 Å².